The molecule has 240 valence electrons. The van der Waals surface area contributed by atoms with E-state index in [1.807, 2.05) is 12.1 Å². The fourth-order valence-corrected chi connectivity index (χ4v) is 9.79. The van der Waals surface area contributed by atoms with Gasteiger partial charge in [0.05, 0.1) is 23.2 Å². The zero-order valence-electron chi connectivity index (χ0n) is 27.5. The van der Waals surface area contributed by atoms with Crippen molar-refractivity contribution in [1.29, 1.82) is 0 Å². The highest BCUT2D eigenvalue weighted by molar-refractivity contribution is 7.16. The van der Waals surface area contributed by atoms with E-state index in [9.17, 15) is 10.4 Å². The number of hydrogen-bond donors (Lipinski definition) is 2. The summed E-state index contributed by atoms with van der Waals surface area (Å²) in [6, 6.07) is 9.35. The van der Waals surface area contributed by atoms with Gasteiger partial charge in [-0.25, -0.2) is 4.89 Å². The normalized spacial score (nSPS) is 16.3. The summed E-state index contributed by atoms with van der Waals surface area (Å²) in [4.78, 5) is 6.22. The average molecular weight is 694 g/mol. The third kappa shape index (κ3) is 14.2. The number of aromatic hydroxyl groups is 1. The molecule has 0 spiro atoms. The minimum atomic E-state index is -2.14. The minimum absolute atomic E-state index is 0.203. The van der Waals surface area contributed by atoms with Gasteiger partial charge in [-0.3, -0.25) is 5.26 Å². The van der Waals surface area contributed by atoms with E-state index in [2.05, 4.69) is 84.6 Å². The Morgan fingerprint density at radius 1 is 0.738 bits per heavy atom. The third-order valence-electron chi connectivity index (χ3n) is 5.90. The maximum Gasteiger partial charge on any atom is 0.184 e. The molecule has 0 aliphatic carbocycles. The highest BCUT2D eigenvalue weighted by Crippen LogP contribution is 2.34. The Morgan fingerprint density at radius 3 is 1.69 bits per heavy atom. The Kier molecular flexibility index (Phi) is 13.8. The molecule has 2 aromatic rings. The van der Waals surface area contributed by atoms with Gasteiger partial charge in [-0.05, 0) is 114 Å². The number of benzene rings is 1. The number of halogens is 1. The van der Waals surface area contributed by atoms with Gasteiger partial charge < -0.3 is 22.8 Å². The summed E-state index contributed by atoms with van der Waals surface area (Å²) in [5.41, 5.74) is 2.11. The summed E-state index contributed by atoms with van der Waals surface area (Å²) >= 11 is 8.32. The summed E-state index contributed by atoms with van der Waals surface area (Å²) < 4.78 is 27.6. The van der Waals surface area contributed by atoms with Gasteiger partial charge >= 0.3 is 0 Å². The van der Waals surface area contributed by atoms with Crippen LogP contribution < -0.4 is 0 Å². The first-order valence-corrected chi connectivity index (χ1v) is 29.4. The monoisotopic (exact) mass is 692 g/mol. The zero-order valence-corrected chi connectivity index (χ0v) is 33.1. The number of thiophene rings is 1. The van der Waals surface area contributed by atoms with Gasteiger partial charge in [0, 0.05) is 11.3 Å². The Hall–Kier alpha value is -0.362. The van der Waals surface area contributed by atoms with Crippen molar-refractivity contribution in [2.75, 3.05) is 6.61 Å². The van der Waals surface area contributed by atoms with Crippen molar-refractivity contribution in [3.8, 4) is 5.75 Å². The van der Waals surface area contributed by atoms with Crippen LogP contribution in [0.25, 0.3) is 0 Å². The molecule has 0 fully saturated rings. The molecule has 0 bridgehead atoms. The Labute approximate surface area is 266 Å². The van der Waals surface area contributed by atoms with Crippen LogP contribution in [0.2, 0.25) is 82.9 Å². The second kappa shape index (κ2) is 15.3. The number of rotatable bonds is 17. The molecule has 1 heterocycles. The van der Waals surface area contributed by atoms with Gasteiger partial charge in [-0.1, -0.05) is 23.7 Å². The summed E-state index contributed by atoms with van der Waals surface area (Å²) in [7, 11) is -8.25. The second-order valence-electron chi connectivity index (χ2n) is 14.8. The molecule has 0 aliphatic rings. The van der Waals surface area contributed by atoms with Crippen molar-refractivity contribution < 1.29 is 33.0 Å². The van der Waals surface area contributed by atoms with E-state index in [4.69, 9.17) is 34.2 Å². The Bertz CT molecular complexity index is 1110. The third-order valence-corrected chi connectivity index (χ3v) is 11.4. The molecule has 42 heavy (non-hydrogen) atoms. The lowest BCUT2D eigenvalue weighted by Crippen LogP contribution is -2.58. The van der Waals surface area contributed by atoms with Gasteiger partial charge in [-0.15, -0.1) is 11.3 Å². The first-order valence-electron chi connectivity index (χ1n) is 14.6. The molecule has 0 radical (unpaired) electrons. The van der Waals surface area contributed by atoms with Crippen LogP contribution >= 0.6 is 22.9 Å². The van der Waals surface area contributed by atoms with E-state index < -0.39 is 51.6 Å². The number of hydrogen-bond acceptors (Lipinski definition) is 8. The Balaban J connectivity index is 2.55. The minimum Gasteiger partial charge on any atom is -0.508 e. The maximum atomic E-state index is 10.2. The Morgan fingerprint density at radius 2 is 1.24 bits per heavy atom. The second-order valence-corrected chi connectivity index (χ2v) is 34.4. The van der Waals surface area contributed by atoms with Crippen LogP contribution in [0.5, 0.6) is 5.75 Å². The molecule has 0 saturated carbocycles. The van der Waals surface area contributed by atoms with Crippen molar-refractivity contribution in [2.24, 2.45) is 0 Å². The van der Waals surface area contributed by atoms with E-state index in [-0.39, 0.29) is 18.5 Å². The molecule has 0 saturated heterocycles. The SMILES string of the molecule is C[Si](C)(C)OC[C@@H](OO)[C@@H](O[Si](C)(C)C)[C@H](O[Si](C)(C)C)[C@H](Cc1cc(Cc2ccc(O)cc2)c(Cl)s1)O[Si](C)(C)C. The van der Waals surface area contributed by atoms with E-state index in [0.29, 0.717) is 12.8 Å². The lowest BCUT2D eigenvalue weighted by atomic mass is 10.00. The van der Waals surface area contributed by atoms with Gasteiger partial charge in [0.2, 0.25) is 0 Å². The highest BCUT2D eigenvalue weighted by atomic mass is 35.5. The van der Waals surface area contributed by atoms with Crippen LogP contribution in [0, 0.1) is 0 Å². The molecular formula is C29H53ClO7SSi4. The summed E-state index contributed by atoms with van der Waals surface area (Å²) in [5, 5.41) is 19.9. The van der Waals surface area contributed by atoms with Crippen molar-refractivity contribution >= 4 is 56.2 Å². The first-order chi connectivity index (χ1) is 19.0. The van der Waals surface area contributed by atoms with Crippen LogP contribution in [-0.4, -0.2) is 74.7 Å². The van der Waals surface area contributed by atoms with Crippen molar-refractivity contribution in [3.63, 3.8) is 0 Å². The van der Waals surface area contributed by atoms with E-state index in [1.165, 1.54) is 0 Å². The quantitative estimate of drug-likeness (QED) is 0.0975. The van der Waals surface area contributed by atoms with Gasteiger partial charge in [0.25, 0.3) is 0 Å². The molecular weight excluding hydrogens is 640 g/mol. The molecule has 2 N–H and O–H groups in total. The maximum absolute atomic E-state index is 10.2. The molecule has 1 aromatic heterocycles. The molecule has 0 aliphatic heterocycles. The van der Waals surface area contributed by atoms with Crippen LogP contribution in [0.15, 0.2) is 30.3 Å². The summed E-state index contributed by atoms with van der Waals surface area (Å²) in [6.45, 7) is 25.9. The summed E-state index contributed by atoms with van der Waals surface area (Å²) in [5.74, 6) is 0.242. The van der Waals surface area contributed by atoms with Crippen molar-refractivity contribution in [2.45, 2.75) is 116 Å². The van der Waals surface area contributed by atoms with E-state index >= 15 is 0 Å². The molecule has 0 amide bonds. The smallest absolute Gasteiger partial charge is 0.184 e. The molecule has 0 unspecified atom stereocenters. The predicted molar refractivity (Wildman–Crippen MR) is 185 cm³/mol. The highest BCUT2D eigenvalue weighted by Gasteiger charge is 2.44. The largest absolute Gasteiger partial charge is 0.508 e. The summed E-state index contributed by atoms with van der Waals surface area (Å²) in [6.07, 6.45) is -0.949. The number of phenolic OH excluding ortho intramolecular Hbond substituents is 1. The lowest BCUT2D eigenvalue weighted by Gasteiger charge is -2.43. The lowest BCUT2D eigenvalue weighted by molar-refractivity contribution is -0.307. The molecule has 2 rings (SSSR count). The van der Waals surface area contributed by atoms with Crippen LogP contribution in [0.1, 0.15) is 16.0 Å². The van der Waals surface area contributed by atoms with Crippen LogP contribution in [-0.2, 0) is 35.4 Å². The molecule has 7 nitrogen and oxygen atoms in total. The van der Waals surface area contributed by atoms with Crippen molar-refractivity contribution in [3.05, 3.63) is 50.7 Å². The van der Waals surface area contributed by atoms with E-state index in [0.717, 1.165) is 20.3 Å². The number of phenols is 1. The first kappa shape index (κ1) is 37.8. The van der Waals surface area contributed by atoms with Crippen molar-refractivity contribution in [1.82, 2.24) is 0 Å². The van der Waals surface area contributed by atoms with E-state index in [1.54, 1.807) is 23.5 Å². The average Bonchev–Trinajstić information content (AvgIpc) is 3.13. The van der Waals surface area contributed by atoms with Gasteiger partial charge in [0.1, 0.15) is 18.0 Å². The predicted octanol–water partition coefficient (Wildman–Crippen LogP) is 8.61. The van der Waals surface area contributed by atoms with Gasteiger partial charge in [-0.2, -0.15) is 0 Å². The van der Waals surface area contributed by atoms with Gasteiger partial charge in [0.15, 0.2) is 33.3 Å². The molecule has 1 aromatic carbocycles. The fourth-order valence-electron chi connectivity index (χ4n) is 4.44. The topological polar surface area (TPSA) is 86.6 Å². The van der Waals surface area contributed by atoms with Crippen LogP contribution in [0.3, 0.4) is 0 Å². The molecule has 13 heteroatoms. The molecule has 4 atom stereocenters. The standard InChI is InChI=1S/C29H53ClO7SSi4/c1-39(2,3)33-20-26(34-32)28(37-42(10,11)12)27(36-41(7,8)9)25(35-40(4,5)6)19-24-18-22(29(30)38-24)17-21-13-15-23(31)16-14-21/h13-16,18,25-28,31-32H,17,19-20H2,1-12H3/t25-,26+,27+,28+/m0/s1. The zero-order chi connectivity index (χ0) is 32.1. The van der Waals surface area contributed by atoms with Crippen LogP contribution in [0.4, 0.5) is 0 Å². The fraction of sp³-hybridized carbons (Fsp3) is 0.655.